The number of methoxy groups -OCH3 is 1. The van der Waals surface area contributed by atoms with Crippen molar-refractivity contribution in [1.82, 2.24) is 29.3 Å². The number of halogens is 2. The molecule has 138 valence electrons. The lowest BCUT2D eigenvalue weighted by Crippen LogP contribution is -2.19. The second-order valence-corrected chi connectivity index (χ2v) is 5.62. The molecule has 0 unspecified atom stereocenters. The van der Waals surface area contributed by atoms with Crippen molar-refractivity contribution in [3.63, 3.8) is 0 Å². The number of carbonyl (C=O) groups excluding carboxylic acids is 1. The van der Waals surface area contributed by atoms with Gasteiger partial charge in [0.1, 0.15) is 11.2 Å². The van der Waals surface area contributed by atoms with E-state index in [1.54, 1.807) is 0 Å². The van der Waals surface area contributed by atoms with Gasteiger partial charge in [0.25, 0.3) is 5.91 Å². The summed E-state index contributed by atoms with van der Waals surface area (Å²) in [6.07, 6.45) is 3.73. The van der Waals surface area contributed by atoms with E-state index < -0.39 is 17.5 Å². The summed E-state index contributed by atoms with van der Waals surface area (Å²) < 4.78 is 36.9. The molecule has 0 saturated carbocycles. The Kier molecular flexibility index (Phi) is 3.65. The number of hydrogen-bond acceptors (Lipinski definition) is 6. The maximum absolute atomic E-state index is 14.7. The first kappa shape index (κ1) is 16.7. The van der Waals surface area contributed by atoms with E-state index in [9.17, 15) is 13.6 Å². The van der Waals surface area contributed by atoms with Gasteiger partial charge in [-0.2, -0.15) is 4.98 Å². The van der Waals surface area contributed by atoms with Crippen LogP contribution in [-0.2, 0) is 0 Å². The number of hydrogen-bond donors (Lipinski definition) is 2. The van der Waals surface area contributed by atoms with Gasteiger partial charge in [-0.25, -0.2) is 18.3 Å². The van der Waals surface area contributed by atoms with Gasteiger partial charge in [0, 0.05) is 18.8 Å². The van der Waals surface area contributed by atoms with Crippen LogP contribution in [0.5, 0.6) is 5.88 Å². The Labute approximate surface area is 150 Å². The standard InChI is InChI=1S/C16H13F2N7O2/c1-20-14(26)10-4-21-13-8(17)3-7(5-24(10)13)11-9(18)6-25-12(11)15(27-2)22-16(19)23-25/h3-6H,1-2H3,(H2,19,23)(H,20,26). The van der Waals surface area contributed by atoms with E-state index in [-0.39, 0.29) is 39.8 Å². The lowest BCUT2D eigenvalue weighted by Gasteiger charge is -2.08. The van der Waals surface area contributed by atoms with Crippen molar-refractivity contribution in [3.8, 4) is 17.0 Å². The average molecular weight is 373 g/mol. The maximum Gasteiger partial charge on any atom is 0.269 e. The van der Waals surface area contributed by atoms with Gasteiger partial charge in [-0.05, 0) is 6.07 Å². The van der Waals surface area contributed by atoms with Gasteiger partial charge in [-0.1, -0.05) is 0 Å². The van der Waals surface area contributed by atoms with Gasteiger partial charge in [-0.3, -0.25) is 9.20 Å². The molecular weight excluding hydrogens is 360 g/mol. The number of ether oxygens (including phenoxy) is 1. The molecule has 4 aromatic rings. The molecule has 4 aromatic heterocycles. The van der Waals surface area contributed by atoms with Crippen molar-refractivity contribution in [2.24, 2.45) is 0 Å². The largest absolute Gasteiger partial charge is 0.479 e. The molecule has 0 aliphatic carbocycles. The third kappa shape index (κ3) is 2.43. The van der Waals surface area contributed by atoms with E-state index in [4.69, 9.17) is 10.5 Å². The van der Waals surface area contributed by atoms with Crippen molar-refractivity contribution in [2.45, 2.75) is 0 Å². The number of rotatable bonds is 3. The summed E-state index contributed by atoms with van der Waals surface area (Å²) in [5.74, 6) is -1.96. The molecule has 0 spiro atoms. The summed E-state index contributed by atoms with van der Waals surface area (Å²) >= 11 is 0. The lowest BCUT2D eigenvalue weighted by molar-refractivity contribution is 0.0957. The fraction of sp³-hybridized carbons (Fsp3) is 0.125. The molecular formula is C16H13F2N7O2. The molecule has 0 bridgehead atoms. The van der Waals surface area contributed by atoms with E-state index in [0.29, 0.717) is 0 Å². The van der Waals surface area contributed by atoms with E-state index in [2.05, 4.69) is 20.4 Å². The first-order valence-electron chi connectivity index (χ1n) is 7.72. The first-order valence-corrected chi connectivity index (χ1v) is 7.72. The molecule has 1 amide bonds. The van der Waals surface area contributed by atoms with E-state index in [0.717, 1.165) is 12.3 Å². The zero-order chi connectivity index (χ0) is 19.3. The Hall–Kier alpha value is -3.76. The highest BCUT2D eigenvalue weighted by atomic mass is 19.1. The number of carbonyl (C=O) groups is 1. The Balaban J connectivity index is 2.05. The highest BCUT2D eigenvalue weighted by molar-refractivity contribution is 5.93. The first-order chi connectivity index (χ1) is 12.9. The van der Waals surface area contributed by atoms with E-state index >= 15 is 0 Å². The van der Waals surface area contributed by atoms with Crippen LogP contribution in [0.4, 0.5) is 14.7 Å². The molecule has 0 aliphatic rings. The number of nitrogen functional groups attached to an aromatic ring is 1. The van der Waals surface area contributed by atoms with Crippen LogP contribution in [0.1, 0.15) is 10.5 Å². The van der Waals surface area contributed by atoms with Crippen LogP contribution < -0.4 is 15.8 Å². The zero-order valence-electron chi connectivity index (χ0n) is 14.2. The van der Waals surface area contributed by atoms with Gasteiger partial charge in [0.15, 0.2) is 17.3 Å². The lowest BCUT2D eigenvalue weighted by atomic mass is 10.1. The summed E-state index contributed by atoms with van der Waals surface area (Å²) in [5.41, 5.74) is 5.95. The Morgan fingerprint density at radius 2 is 2.07 bits per heavy atom. The number of anilines is 1. The molecule has 0 saturated heterocycles. The number of nitrogens with two attached hydrogens (primary N) is 1. The van der Waals surface area contributed by atoms with Gasteiger partial charge >= 0.3 is 0 Å². The number of nitrogens with zero attached hydrogens (tertiary/aromatic N) is 5. The highest BCUT2D eigenvalue weighted by Crippen LogP contribution is 2.34. The van der Waals surface area contributed by atoms with E-state index in [1.165, 1.54) is 35.5 Å². The number of fused-ring (bicyclic) bond motifs is 2. The minimum atomic E-state index is -0.725. The number of pyridine rings is 1. The second-order valence-electron chi connectivity index (χ2n) is 5.62. The van der Waals surface area contributed by atoms with Crippen LogP contribution in [-0.4, -0.2) is 44.0 Å². The quantitative estimate of drug-likeness (QED) is 0.559. The second kappa shape index (κ2) is 5.90. The number of imidazole rings is 1. The van der Waals surface area contributed by atoms with Crippen LogP contribution in [0.2, 0.25) is 0 Å². The molecule has 0 aliphatic heterocycles. The van der Waals surface area contributed by atoms with Crippen LogP contribution >= 0.6 is 0 Å². The molecule has 0 atom stereocenters. The van der Waals surface area contributed by atoms with Crippen molar-refractivity contribution in [1.29, 1.82) is 0 Å². The third-order valence-corrected chi connectivity index (χ3v) is 4.07. The molecule has 27 heavy (non-hydrogen) atoms. The normalized spacial score (nSPS) is 11.3. The van der Waals surface area contributed by atoms with Crippen molar-refractivity contribution < 1.29 is 18.3 Å². The molecule has 4 rings (SSSR count). The van der Waals surface area contributed by atoms with E-state index in [1.807, 2.05) is 0 Å². The smallest absolute Gasteiger partial charge is 0.269 e. The summed E-state index contributed by atoms with van der Waals surface area (Å²) in [7, 11) is 2.79. The minimum Gasteiger partial charge on any atom is -0.479 e. The predicted molar refractivity (Wildman–Crippen MR) is 91.4 cm³/mol. The molecule has 0 radical (unpaired) electrons. The topological polar surface area (TPSA) is 112 Å². The Bertz CT molecular complexity index is 1210. The van der Waals surface area contributed by atoms with Crippen molar-refractivity contribution in [2.75, 3.05) is 19.9 Å². The van der Waals surface area contributed by atoms with Gasteiger partial charge in [-0.15, -0.1) is 5.10 Å². The number of nitrogens with one attached hydrogen (secondary N) is 1. The average Bonchev–Trinajstić information content (AvgIpc) is 3.20. The maximum atomic E-state index is 14.7. The fourth-order valence-electron chi connectivity index (χ4n) is 2.93. The van der Waals surface area contributed by atoms with Crippen LogP contribution in [0, 0.1) is 11.6 Å². The molecule has 11 heteroatoms. The zero-order valence-corrected chi connectivity index (χ0v) is 14.2. The molecule has 3 N–H and O–H groups in total. The Morgan fingerprint density at radius 3 is 2.78 bits per heavy atom. The van der Waals surface area contributed by atoms with Crippen molar-refractivity contribution >= 4 is 23.0 Å². The number of amides is 1. The van der Waals surface area contributed by atoms with Crippen LogP contribution in [0.3, 0.4) is 0 Å². The molecule has 9 nitrogen and oxygen atoms in total. The Morgan fingerprint density at radius 1 is 1.30 bits per heavy atom. The summed E-state index contributed by atoms with van der Waals surface area (Å²) in [6.45, 7) is 0. The van der Waals surface area contributed by atoms with Crippen LogP contribution in [0.15, 0.2) is 24.7 Å². The summed E-state index contributed by atoms with van der Waals surface area (Å²) in [4.78, 5) is 19.8. The van der Waals surface area contributed by atoms with Gasteiger partial charge in [0.2, 0.25) is 11.8 Å². The minimum absolute atomic E-state index is 0.00390. The van der Waals surface area contributed by atoms with Gasteiger partial charge in [0.05, 0.1) is 25.1 Å². The highest BCUT2D eigenvalue weighted by Gasteiger charge is 2.22. The SMILES string of the molecule is CNC(=O)c1cnc2c(F)cc(-c3c(F)cn4nc(N)nc(OC)c34)cn12. The predicted octanol–water partition coefficient (Wildman–Crippen LogP) is 1.27. The molecule has 4 heterocycles. The summed E-state index contributed by atoms with van der Waals surface area (Å²) in [5, 5.41) is 6.36. The number of aromatic nitrogens is 5. The monoisotopic (exact) mass is 373 g/mol. The third-order valence-electron chi connectivity index (χ3n) is 4.07. The van der Waals surface area contributed by atoms with Crippen LogP contribution in [0.25, 0.3) is 22.3 Å². The molecule has 0 fully saturated rings. The molecule has 0 aromatic carbocycles. The van der Waals surface area contributed by atoms with Gasteiger partial charge < -0.3 is 15.8 Å². The van der Waals surface area contributed by atoms with Crippen molar-refractivity contribution in [3.05, 3.63) is 42.0 Å². The fourth-order valence-corrected chi connectivity index (χ4v) is 2.93. The summed E-state index contributed by atoms with van der Waals surface area (Å²) in [6, 6.07) is 1.12.